The standard InChI is InChI=1S/C17H23NO7/c1-17(2,3)25-16(22)18-13(15(20)21)9-11-5-7-12(8-6-11)24-10-14(19)23-4/h5-8,13H,9-10H2,1-4H3,(H,18,22)(H,20,21)/t13-/m0/s1. The van der Waals surface area contributed by atoms with Crippen LogP contribution in [0.4, 0.5) is 4.79 Å². The number of rotatable bonds is 7. The van der Waals surface area contributed by atoms with E-state index >= 15 is 0 Å². The van der Waals surface area contributed by atoms with Crippen LogP contribution in [0.15, 0.2) is 24.3 Å². The molecule has 1 amide bonds. The predicted octanol–water partition coefficient (Wildman–Crippen LogP) is 1.76. The Labute approximate surface area is 146 Å². The summed E-state index contributed by atoms with van der Waals surface area (Å²) < 4.78 is 14.7. The van der Waals surface area contributed by atoms with Crippen LogP contribution in [0.1, 0.15) is 26.3 Å². The molecular weight excluding hydrogens is 330 g/mol. The number of benzene rings is 1. The summed E-state index contributed by atoms with van der Waals surface area (Å²) in [6.45, 7) is 4.86. The molecule has 0 aliphatic carbocycles. The fraction of sp³-hybridized carbons (Fsp3) is 0.471. The van der Waals surface area contributed by atoms with Gasteiger partial charge in [-0.05, 0) is 38.5 Å². The van der Waals surface area contributed by atoms with Crippen molar-refractivity contribution in [2.75, 3.05) is 13.7 Å². The summed E-state index contributed by atoms with van der Waals surface area (Å²) in [6, 6.07) is 5.38. The van der Waals surface area contributed by atoms with E-state index in [2.05, 4.69) is 10.1 Å². The van der Waals surface area contributed by atoms with Crippen molar-refractivity contribution >= 4 is 18.0 Å². The van der Waals surface area contributed by atoms with E-state index in [0.29, 0.717) is 11.3 Å². The van der Waals surface area contributed by atoms with E-state index in [-0.39, 0.29) is 13.0 Å². The van der Waals surface area contributed by atoms with Gasteiger partial charge in [0.2, 0.25) is 0 Å². The third kappa shape index (κ3) is 8.05. The lowest BCUT2D eigenvalue weighted by molar-refractivity contribution is -0.143. The van der Waals surface area contributed by atoms with E-state index in [9.17, 15) is 19.5 Å². The second-order valence-electron chi connectivity index (χ2n) is 6.25. The zero-order chi connectivity index (χ0) is 19.0. The number of carbonyl (C=O) groups is 3. The number of nitrogens with one attached hydrogen (secondary N) is 1. The molecule has 0 spiro atoms. The Morgan fingerprint density at radius 1 is 1.16 bits per heavy atom. The van der Waals surface area contributed by atoms with E-state index in [0.717, 1.165) is 0 Å². The summed E-state index contributed by atoms with van der Waals surface area (Å²) in [5, 5.41) is 11.6. The van der Waals surface area contributed by atoms with Gasteiger partial charge < -0.3 is 24.6 Å². The first kappa shape index (κ1) is 20.3. The molecule has 0 heterocycles. The fourth-order valence-electron chi connectivity index (χ4n) is 1.81. The molecule has 2 N–H and O–H groups in total. The first-order valence-corrected chi connectivity index (χ1v) is 7.61. The number of hydrogen-bond acceptors (Lipinski definition) is 6. The molecule has 0 aliphatic heterocycles. The van der Waals surface area contributed by atoms with Gasteiger partial charge in [0.15, 0.2) is 6.61 Å². The molecule has 0 aromatic heterocycles. The highest BCUT2D eigenvalue weighted by Crippen LogP contribution is 2.14. The van der Waals surface area contributed by atoms with Crippen molar-refractivity contribution in [1.29, 1.82) is 0 Å². The van der Waals surface area contributed by atoms with Crippen LogP contribution in [0.3, 0.4) is 0 Å². The summed E-state index contributed by atoms with van der Waals surface area (Å²) in [5.74, 6) is -1.23. The number of aliphatic carboxylic acids is 1. The maximum atomic E-state index is 11.7. The largest absolute Gasteiger partial charge is 0.482 e. The van der Waals surface area contributed by atoms with Crippen molar-refractivity contribution in [1.82, 2.24) is 5.32 Å². The monoisotopic (exact) mass is 353 g/mol. The highest BCUT2D eigenvalue weighted by Gasteiger charge is 2.24. The lowest BCUT2D eigenvalue weighted by atomic mass is 10.1. The van der Waals surface area contributed by atoms with Crippen molar-refractivity contribution in [3.8, 4) is 5.75 Å². The molecule has 1 aromatic carbocycles. The van der Waals surface area contributed by atoms with Crippen molar-refractivity contribution < 1.29 is 33.7 Å². The maximum Gasteiger partial charge on any atom is 0.408 e. The highest BCUT2D eigenvalue weighted by atomic mass is 16.6. The van der Waals surface area contributed by atoms with Crippen LogP contribution in [0.5, 0.6) is 5.75 Å². The molecule has 8 nitrogen and oxygen atoms in total. The van der Waals surface area contributed by atoms with E-state index < -0.39 is 29.7 Å². The molecule has 8 heteroatoms. The van der Waals surface area contributed by atoms with Crippen molar-refractivity contribution in [2.45, 2.75) is 38.8 Å². The van der Waals surface area contributed by atoms with E-state index in [1.165, 1.54) is 7.11 Å². The second kappa shape index (κ2) is 8.91. The molecule has 1 rings (SSSR count). The molecular formula is C17H23NO7. The number of carboxylic acids is 1. The fourth-order valence-corrected chi connectivity index (χ4v) is 1.81. The molecule has 1 atom stereocenters. The third-order valence-electron chi connectivity index (χ3n) is 2.94. The normalized spacial score (nSPS) is 12.0. The lowest BCUT2D eigenvalue weighted by Crippen LogP contribution is -2.44. The Morgan fingerprint density at radius 2 is 1.76 bits per heavy atom. The average molecular weight is 353 g/mol. The number of alkyl carbamates (subject to hydrolysis) is 1. The summed E-state index contributed by atoms with van der Waals surface area (Å²) in [7, 11) is 1.26. The molecule has 0 unspecified atom stereocenters. The van der Waals surface area contributed by atoms with Gasteiger partial charge in [-0.2, -0.15) is 0 Å². The van der Waals surface area contributed by atoms with E-state index in [1.54, 1.807) is 45.0 Å². The van der Waals surface area contributed by atoms with Gasteiger partial charge in [-0.25, -0.2) is 14.4 Å². The average Bonchev–Trinajstić information content (AvgIpc) is 2.51. The quantitative estimate of drug-likeness (QED) is 0.718. The molecule has 0 aliphatic rings. The first-order valence-electron chi connectivity index (χ1n) is 7.61. The summed E-state index contributed by atoms with van der Waals surface area (Å²) in [6.07, 6.45) is -0.718. The van der Waals surface area contributed by atoms with Crippen LogP contribution in [0.25, 0.3) is 0 Å². The second-order valence-corrected chi connectivity index (χ2v) is 6.25. The Balaban J connectivity index is 2.65. The minimum absolute atomic E-state index is 0.0753. The number of methoxy groups -OCH3 is 1. The van der Waals surface area contributed by atoms with Gasteiger partial charge in [-0.15, -0.1) is 0 Å². The van der Waals surface area contributed by atoms with E-state index in [4.69, 9.17) is 9.47 Å². The summed E-state index contributed by atoms with van der Waals surface area (Å²) in [5.41, 5.74) is -0.0416. The molecule has 0 saturated carbocycles. The highest BCUT2D eigenvalue weighted by molar-refractivity contribution is 5.80. The van der Waals surface area contributed by atoms with Crippen molar-refractivity contribution in [3.05, 3.63) is 29.8 Å². The van der Waals surface area contributed by atoms with Gasteiger partial charge >= 0.3 is 18.0 Å². The number of carboxylic acid groups (broad SMARTS) is 1. The Kier molecular flexibility index (Phi) is 7.22. The number of carbonyl (C=O) groups excluding carboxylic acids is 2. The van der Waals surface area contributed by atoms with Gasteiger partial charge in [0, 0.05) is 6.42 Å². The number of amides is 1. The molecule has 25 heavy (non-hydrogen) atoms. The number of esters is 1. The van der Waals surface area contributed by atoms with Crippen LogP contribution in [0, 0.1) is 0 Å². The van der Waals surface area contributed by atoms with Crippen molar-refractivity contribution in [2.24, 2.45) is 0 Å². The summed E-state index contributed by atoms with van der Waals surface area (Å²) in [4.78, 5) is 34.1. The van der Waals surface area contributed by atoms with Crippen LogP contribution in [-0.4, -0.2) is 48.5 Å². The van der Waals surface area contributed by atoms with Gasteiger partial charge in [0.1, 0.15) is 17.4 Å². The minimum atomic E-state index is -1.17. The van der Waals surface area contributed by atoms with Gasteiger partial charge in [-0.1, -0.05) is 12.1 Å². The molecule has 0 saturated heterocycles. The topological polar surface area (TPSA) is 111 Å². The smallest absolute Gasteiger partial charge is 0.408 e. The van der Waals surface area contributed by atoms with Gasteiger partial charge in [-0.3, -0.25) is 0 Å². The SMILES string of the molecule is COC(=O)COc1ccc(C[C@H](NC(=O)OC(C)(C)C)C(=O)O)cc1. The number of hydrogen-bond donors (Lipinski definition) is 2. The third-order valence-corrected chi connectivity index (χ3v) is 2.94. The van der Waals surface area contributed by atoms with Crippen LogP contribution >= 0.6 is 0 Å². The molecule has 0 radical (unpaired) electrons. The number of ether oxygens (including phenoxy) is 3. The molecule has 0 fully saturated rings. The maximum absolute atomic E-state index is 11.7. The molecule has 138 valence electrons. The molecule has 0 bridgehead atoms. The van der Waals surface area contributed by atoms with Crippen LogP contribution < -0.4 is 10.1 Å². The molecule has 1 aromatic rings. The Hall–Kier alpha value is -2.77. The van der Waals surface area contributed by atoms with Gasteiger partial charge in [0.05, 0.1) is 7.11 Å². The summed E-state index contributed by atoms with van der Waals surface area (Å²) >= 11 is 0. The lowest BCUT2D eigenvalue weighted by Gasteiger charge is -2.22. The first-order chi connectivity index (χ1) is 11.6. The van der Waals surface area contributed by atoms with Crippen LogP contribution in [-0.2, 0) is 25.5 Å². The van der Waals surface area contributed by atoms with Crippen molar-refractivity contribution in [3.63, 3.8) is 0 Å². The Bertz CT molecular complexity index is 604. The zero-order valence-electron chi connectivity index (χ0n) is 14.7. The van der Waals surface area contributed by atoms with E-state index in [1.807, 2.05) is 0 Å². The predicted molar refractivity (Wildman–Crippen MR) is 88.5 cm³/mol. The van der Waals surface area contributed by atoms with Crippen LogP contribution in [0.2, 0.25) is 0 Å². The minimum Gasteiger partial charge on any atom is -0.482 e. The Morgan fingerprint density at radius 3 is 2.24 bits per heavy atom. The van der Waals surface area contributed by atoms with Gasteiger partial charge in [0.25, 0.3) is 0 Å². The zero-order valence-corrected chi connectivity index (χ0v) is 14.7.